The van der Waals surface area contributed by atoms with Gasteiger partial charge in [0.25, 0.3) is 5.91 Å². The van der Waals surface area contributed by atoms with Crippen molar-refractivity contribution in [3.63, 3.8) is 0 Å². The minimum atomic E-state index is -1.07. The van der Waals surface area contributed by atoms with E-state index in [0.29, 0.717) is 24.5 Å². The summed E-state index contributed by atoms with van der Waals surface area (Å²) in [4.78, 5) is 24.5. The van der Waals surface area contributed by atoms with Crippen molar-refractivity contribution < 1.29 is 24.2 Å². The Morgan fingerprint density at radius 3 is 2.31 bits per heavy atom. The van der Waals surface area contributed by atoms with Gasteiger partial charge in [-0.15, -0.1) is 0 Å². The number of carboxylic acids is 1. The van der Waals surface area contributed by atoms with E-state index in [4.69, 9.17) is 9.47 Å². The molecule has 0 saturated heterocycles. The molecule has 1 amide bonds. The molecule has 4 aromatic carbocycles. The second-order valence-electron chi connectivity index (χ2n) is 8.56. The summed E-state index contributed by atoms with van der Waals surface area (Å²) in [5.74, 6) is 0.0486. The number of carboxylic acid groups (broad SMARTS) is 1. The lowest BCUT2D eigenvalue weighted by molar-refractivity contribution is -0.139. The molecule has 0 aliphatic heterocycles. The number of fused-ring (bicyclic) bond motifs is 1. The minimum absolute atomic E-state index is 0.212. The maximum Gasteiger partial charge on any atom is 0.326 e. The molecule has 0 aliphatic carbocycles. The lowest BCUT2D eigenvalue weighted by Gasteiger charge is -2.15. The molecule has 4 aromatic rings. The molecule has 0 spiro atoms. The molecule has 0 aliphatic rings. The minimum Gasteiger partial charge on any atom is -0.494 e. The second kappa shape index (κ2) is 11.9. The van der Waals surface area contributed by atoms with E-state index in [9.17, 15) is 14.7 Å². The van der Waals surface area contributed by atoms with Gasteiger partial charge in [-0.3, -0.25) is 4.79 Å². The Hall–Kier alpha value is -4.32. The zero-order chi connectivity index (χ0) is 25.3. The smallest absolute Gasteiger partial charge is 0.326 e. The molecule has 0 fully saturated rings. The van der Waals surface area contributed by atoms with Gasteiger partial charge in [-0.1, -0.05) is 61.5 Å². The summed E-state index contributed by atoms with van der Waals surface area (Å²) in [7, 11) is 0. The van der Waals surface area contributed by atoms with Gasteiger partial charge >= 0.3 is 5.97 Å². The van der Waals surface area contributed by atoms with Gasteiger partial charge in [-0.25, -0.2) is 4.79 Å². The maximum absolute atomic E-state index is 12.8. The van der Waals surface area contributed by atoms with E-state index >= 15 is 0 Å². The zero-order valence-corrected chi connectivity index (χ0v) is 20.1. The molecule has 0 aromatic heterocycles. The molecule has 0 bridgehead atoms. The molecule has 36 heavy (non-hydrogen) atoms. The number of carbonyl (C=O) groups is 2. The highest BCUT2D eigenvalue weighted by Crippen LogP contribution is 2.24. The van der Waals surface area contributed by atoms with Crippen molar-refractivity contribution in [3.8, 4) is 11.5 Å². The van der Waals surface area contributed by atoms with Crippen LogP contribution in [0.25, 0.3) is 10.8 Å². The van der Waals surface area contributed by atoms with Gasteiger partial charge in [0.1, 0.15) is 24.1 Å². The molecule has 1 atom stereocenters. The normalized spacial score (nSPS) is 11.6. The van der Waals surface area contributed by atoms with Crippen LogP contribution in [0.4, 0.5) is 0 Å². The van der Waals surface area contributed by atoms with E-state index in [0.717, 1.165) is 34.1 Å². The molecule has 184 valence electrons. The Morgan fingerprint density at radius 2 is 1.53 bits per heavy atom. The van der Waals surface area contributed by atoms with Crippen molar-refractivity contribution in [1.29, 1.82) is 0 Å². The number of amides is 1. The molecule has 0 radical (unpaired) electrons. The van der Waals surface area contributed by atoms with Gasteiger partial charge in [0.2, 0.25) is 0 Å². The van der Waals surface area contributed by atoms with Gasteiger partial charge < -0.3 is 19.9 Å². The first-order chi connectivity index (χ1) is 17.5. The summed E-state index contributed by atoms with van der Waals surface area (Å²) in [6.07, 6.45) is 1.17. The Kier molecular flexibility index (Phi) is 8.19. The molecule has 4 rings (SSSR count). The van der Waals surface area contributed by atoms with Crippen molar-refractivity contribution in [1.82, 2.24) is 5.32 Å². The number of ether oxygens (including phenoxy) is 2. The Balaban J connectivity index is 1.41. The van der Waals surface area contributed by atoms with Crippen molar-refractivity contribution in [3.05, 3.63) is 108 Å². The van der Waals surface area contributed by atoms with Crippen LogP contribution in [0.2, 0.25) is 0 Å². The van der Waals surface area contributed by atoms with Crippen molar-refractivity contribution in [2.75, 3.05) is 6.61 Å². The summed E-state index contributed by atoms with van der Waals surface area (Å²) >= 11 is 0. The van der Waals surface area contributed by atoms with Gasteiger partial charge in [-0.05, 0) is 64.7 Å². The fourth-order valence-electron chi connectivity index (χ4n) is 3.86. The highest BCUT2D eigenvalue weighted by Gasteiger charge is 2.21. The molecule has 1 unspecified atom stereocenters. The van der Waals surface area contributed by atoms with Gasteiger partial charge in [-0.2, -0.15) is 0 Å². The summed E-state index contributed by atoms with van der Waals surface area (Å²) in [5.41, 5.74) is 2.26. The fraction of sp³-hybridized carbons (Fsp3) is 0.200. The van der Waals surface area contributed by atoms with Crippen LogP contribution < -0.4 is 14.8 Å². The quantitative estimate of drug-likeness (QED) is 0.289. The lowest BCUT2D eigenvalue weighted by atomic mass is 10.0. The molecule has 0 heterocycles. The fourth-order valence-corrected chi connectivity index (χ4v) is 3.86. The standard InChI is InChI=1S/C30H29NO5/c1-2-15-35-26-10-6-9-22(16-26)20-36-27-14-13-23-18-25(12-11-24(23)19-27)29(32)31-28(30(33)34)17-21-7-4-3-5-8-21/h3-14,16,18-19,28H,2,15,17,20H2,1H3,(H,31,32)(H,33,34). The van der Waals surface area contributed by atoms with E-state index in [1.165, 1.54) is 0 Å². The molecule has 6 heteroatoms. The lowest BCUT2D eigenvalue weighted by Crippen LogP contribution is -2.42. The van der Waals surface area contributed by atoms with Crippen LogP contribution in [0.3, 0.4) is 0 Å². The summed E-state index contributed by atoms with van der Waals surface area (Å²) < 4.78 is 11.7. The second-order valence-corrected chi connectivity index (χ2v) is 8.56. The molecule has 0 saturated carbocycles. The van der Waals surface area contributed by atoms with E-state index in [1.807, 2.05) is 78.9 Å². The third-order valence-corrected chi connectivity index (χ3v) is 5.74. The maximum atomic E-state index is 12.8. The van der Waals surface area contributed by atoms with E-state index in [1.54, 1.807) is 12.1 Å². The van der Waals surface area contributed by atoms with Crippen LogP contribution in [0.15, 0.2) is 91.0 Å². The number of aliphatic carboxylic acids is 1. The average molecular weight is 484 g/mol. The first kappa shape index (κ1) is 24.8. The van der Waals surface area contributed by atoms with Gasteiger partial charge in [0.05, 0.1) is 6.61 Å². The SMILES string of the molecule is CCCOc1cccc(COc2ccc3cc(C(=O)NC(Cc4ccccc4)C(=O)O)ccc3c2)c1. The van der Waals surface area contributed by atoms with Gasteiger partial charge in [0.15, 0.2) is 0 Å². The van der Waals surface area contributed by atoms with Crippen molar-refractivity contribution in [2.45, 2.75) is 32.4 Å². The van der Waals surface area contributed by atoms with Crippen LogP contribution in [-0.4, -0.2) is 29.6 Å². The number of rotatable bonds is 11. The first-order valence-electron chi connectivity index (χ1n) is 12.0. The van der Waals surface area contributed by atoms with Crippen LogP contribution in [0.5, 0.6) is 11.5 Å². The van der Waals surface area contributed by atoms with E-state index in [2.05, 4.69) is 12.2 Å². The summed E-state index contributed by atoms with van der Waals surface area (Å²) in [6.45, 7) is 3.16. The average Bonchev–Trinajstić information content (AvgIpc) is 2.90. The Morgan fingerprint density at radius 1 is 0.806 bits per heavy atom. The summed E-state index contributed by atoms with van der Waals surface area (Å²) in [5, 5.41) is 14.0. The van der Waals surface area contributed by atoms with Crippen molar-refractivity contribution >= 4 is 22.6 Å². The molecular weight excluding hydrogens is 454 g/mol. The number of carbonyl (C=O) groups excluding carboxylic acids is 1. The number of hydrogen-bond donors (Lipinski definition) is 2. The number of benzene rings is 4. The highest BCUT2D eigenvalue weighted by molar-refractivity contribution is 6.00. The van der Waals surface area contributed by atoms with Crippen molar-refractivity contribution in [2.24, 2.45) is 0 Å². The highest BCUT2D eigenvalue weighted by atomic mass is 16.5. The topological polar surface area (TPSA) is 84.9 Å². The van der Waals surface area contributed by atoms with Crippen LogP contribution in [-0.2, 0) is 17.8 Å². The Bertz CT molecular complexity index is 1340. The molecular formula is C30H29NO5. The van der Waals surface area contributed by atoms with Crippen LogP contribution >= 0.6 is 0 Å². The largest absolute Gasteiger partial charge is 0.494 e. The third-order valence-electron chi connectivity index (χ3n) is 5.74. The predicted molar refractivity (Wildman–Crippen MR) is 140 cm³/mol. The van der Waals surface area contributed by atoms with Crippen LogP contribution in [0, 0.1) is 0 Å². The van der Waals surface area contributed by atoms with Gasteiger partial charge in [0, 0.05) is 12.0 Å². The van der Waals surface area contributed by atoms with E-state index in [-0.39, 0.29) is 6.42 Å². The van der Waals surface area contributed by atoms with E-state index < -0.39 is 17.9 Å². The summed E-state index contributed by atoms with van der Waals surface area (Å²) in [6, 6.07) is 27.0. The zero-order valence-electron chi connectivity index (χ0n) is 20.1. The number of hydrogen-bond acceptors (Lipinski definition) is 4. The first-order valence-corrected chi connectivity index (χ1v) is 12.0. The van der Waals surface area contributed by atoms with Crippen LogP contribution in [0.1, 0.15) is 34.8 Å². The monoisotopic (exact) mass is 483 g/mol. The predicted octanol–water partition coefficient (Wildman–Crippen LogP) is 5.63. The molecule has 6 nitrogen and oxygen atoms in total. The molecule has 2 N–H and O–H groups in total. The number of nitrogens with one attached hydrogen (secondary N) is 1. The third kappa shape index (κ3) is 6.63. The Labute approximate surface area is 210 Å².